The summed E-state index contributed by atoms with van der Waals surface area (Å²) in [6.07, 6.45) is 87.9. The minimum atomic E-state index is -0.782. The van der Waals surface area contributed by atoms with E-state index in [1.54, 1.807) is 0 Å². The molecule has 0 aliphatic carbocycles. The Bertz CT molecular complexity index is 1450. The maximum Gasteiger partial charge on any atom is 0.306 e. The fourth-order valence-corrected chi connectivity index (χ4v) is 10.1. The van der Waals surface area contributed by atoms with E-state index in [1.807, 2.05) is 0 Å². The number of ether oxygens (including phenoxy) is 3. The molecule has 0 aliphatic rings. The molecule has 0 aromatic rings. The van der Waals surface area contributed by atoms with Gasteiger partial charge in [-0.25, -0.2) is 0 Å². The van der Waals surface area contributed by atoms with Gasteiger partial charge in [0.15, 0.2) is 6.10 Å². The maximum atomic E-state index is 12.9. The van der Waals surface area contributed by atoms with Gasteiger partial charge < -0.3 is 14.2 Å². The highest BCUT2D eigenvalue weighted by Crippen LogP contribution is 2.18. The van der Waals surface area contributed by atoms with Crippen LogP contribution in [0.4, 0.5) is 0 Å². The second-order valence-corrected chi connectivity index (χ2v) is 23.1. The van der Waals surface area contributed by atoms with Gasteiger partial charge in [0.2, 0.25) is 0 Å². The summed E-state index contributed by atoms with van der Waals surface area (Å²) >= 11 is 0. The van der Waals surface area contributed by atoms with Crippen LogP contribution in [-0.4, -0.2) is 37.2 Å². The Morgan fingerprint density at radius 1 is 0.266 bits per heavy atom. The lowest BCUT2D eigenvalue weighted by molar-refractivity contribution is -0.167. The lowest BCUT2D eigenvalue weighted by atomic mass is 10.0. The second-order valence-electron chi connectivity index (χ2n) is 23.1. The summed E-state index contributed by atoms with van der Waals surface area (Å²) in [6.45, 7) is 6.54. The Morgan fingerprint density at radius 2 is 0.494 bits per heavy atom. The van der Waals surface area contributed by atoms with Crippen LogP contribution in [0.2, 0.25) is 0 Å². The molecule has 79 heavy (non-hydrogen) atoms. The van der Waals surface area contributed by atoms with Gasteiger partial charge in [-0.3, -0.25) is 14.4 Å². The molecule has 0 rings (SSSR count). The third-order valence-electron chi connectivity index (χ3n) is 15.2. The number of carbonyl (C=O) groups excluding carboxylic acids is 3. The van der Waals surface area contributed by atoms with E-state index >= 15 is 0 Å². The number of carbonyl (C=O) groups is 3. The first-order valence-electron chi connectivity index (χ1n) is 34.4. The molecule has 0 amide bonds. The predicted octanol–water partition coefficient (Wildman–Crippen LogP) is 23.7. The lowest BCUT2D eigenvalue weighted by Crippen LogP contribution is -2.30. The van der Waals surface area contributed by atoms with E-state index in [0.29, 0.717) is 19.3 Å². The molecule has 0 radical (unpaired) electrons. The Kier molecular flexibility index (Phi) is 64.7. The summed E-state index contributed by atoms with van der Waals surface area (Å²) in [5.74, 6) is -0.876. The highest BCUT2D eigenvalue weighted by atomic mass is 16.6. The number of esters is 3. The number of allylic oxidation sites excluding steroid dienone is 12. The first-order valence-corrected chi connectivity index (χ1v) is 34.4. The number of rotatable bonds is 63. The van der Waals surface area contributed by atoms with Gasteiger partial charge in [-0.15, -0.1) is 0 Å². The number of unbranched alkanes of at least 4 members (excludes halogenated alkanes) is 40. The van der Waals surface area contributed by atoms with Crippen molar-refractivity contribution in [3.05, 3.63) is 72.9 Å². The highest BCUT2D eigenvalue weighted by Gasteiger charge is 2.19. The van der Waals surface area contributed by atoms with Crippen molar-refractivity contribution >= 4 is 17.9 Å². The molecule has 458 valence electrons. The van der Waals surface area contributed by atoms with Crippen LogP contribution in [0.15, 0.2) is 72.9 Å². The summed E-state index contributed by atoms with van der Waals surface area (Å²) in [4.78, 5) is 38.3. The van der Waals surface area contributed by atoms with Crippen molar-refractivity contribution in [1.29, 1.82) is 0 Å². The van der Waals surface area contributed by atoms with Crippen molar-refractivity contribution in [3.63, 3.8) is 0 Å². The molecule has 0 aromatic heterocycles. The fourth-order valence-electron chi connectivity index (χ4n) is 10.1. The van der Waals surface area contributed by atoms with Gasteiger partial charge in [0.1, 0.15) is 13.2 Å². The average Bonchev–Trinajstić information content (AvgIpc) is 3.45. The van der Waals surface area contributed by atoms with E-state index in [9.17, 15) is 14.4 Å². The Morgan fingerprint density at radius 3 is 0.772 bits per heavy atom. The molecule has 0 N–H and O–H groups in total. The molecular formula is C73H130O6. The monoisotopic (exact) mass is 1100 g/mol. The first-order chi connectivity index (χ1) is 39.0. The predicted molar refractivity (Wildman–Crippen MR) is 344 cm³/mol. The van der Waals surface area contributed by atoms with Crippen molar-refractivity contribution in [2.45, 2.75) is 361 Å². The van der Waals surface area contributed by atoms with Gasteiger partial charge >= 0.3 is 17.9 Å². The van der Waals surface area contributed by atoms with E-state index in [0.717, 1.165) is 109 Å². The minimum Gasteiger partial charge on any atom is -0.462 e. The molecule has 0 saturated carbocycles. The van der Waals surface area contributed by atoms with Crippen LogP contribution < -0.4 is 0 Å². The molecule has 0 saturated heterocycles. The van der Waals surface area contributed by atoms with Gasteiger partial charge in [0, 0.05) is 19.3 Å². The molecule has 1 unspecified atom stereocenters. The van der Waals surface area contributed by atoms with E-state index < -0.39 is 6.10 Å². The Labute approximate surface area is 491 Å². The molecule has 0 fully saturated rings. The van der Waals surface area contributed by atoms with Crippen LogP contribution in [0.25, 0.3) is 0 Å². The third kappa shape index (κ3) is 65.5. The van der Waals surface area contributed by atoms with E-state index in [4.69, 9.17) is 14.2 Å². The topological polar surface area (TPSA) is 78.9 Å². The summed E-state index contributed by atoms with van der Waals surface area (Å²) in [6, 6.07) is 0. The van der Waals surface area contributed by atoms with Gasteiger partial charge in [-0.1, -0.05) is 318 Å². The standard InChI is InChI=1S/C73H130O6/c1-4-7-10-13-16-19-22-25-27-28-29-30-31-32-33-34-35-36-37-38-39-40-41-42-43-44-46-48-51-54-57-60-63-66-72(75)78-69-70(68-77-71(74)65-62-59-56-53-50-47-24-21-18-15-12-9-6-3)79-73(76)67-64-61-58-55-52-49-45-26-23-20-17-14-11-8-5-2/h8,11,17,20,22,25-26,28-29,31-32,45,70H,4-7,9-10,12-16,18-19,21,23-24,27,30,33-44,46-69H2,1-3H3/b11-8-,20-17-,25-22-,29-28-,32-31-,45-26-. The zero-order valence-electron chi connectivity index (χ0n) is 52.6. The molecule has 0 heterocycles. The zero-order valence-corrected chi connectivity index (χ0v) is 52.6. The smallest absolute Gasteiger partial charge is 0.306 e. The van der Waals surface area contributed by atoms with Crippen molar-refractivity contribution in [3.8, 4) is 0 Å². The quantitative estimate of drug-likeness (QED) is 0.0261. The fraction of sp³-hybridized carbons (Fsp3) is 0.795. The minimum absolute atomic E-state index is 0.0777. The molecule has 0 spiro atoms. The second kappa shape index (κ2) is 67.4. The normalized spacial score (nSPS) is 12.5. The van der Waals surface area contributed by atoms with Crippen LogP contribution in [0.5, 0.6) is 0 Å². The lowest BCUT2D eigenvalue weighted by Gasteiger charge is -2.18. The van der Waals surface area contributed by atoms with Crippen LogP contribution in [-0.2, 0) is 28.6 Å². The summed E-state index contributed by atoms with van der Waals surface area (Å²) < 4.78 is 16.9. The van der Waals surface area contributed by atoms with Crippen LogP contribution in [0.1, 0.15) is 355 Å². The van der Waals surface area contributed by atoms with Crippen LogP contribution in [0, 0.1) is 0 Å². The summed E-state index contributed by atoms with van der Waals surface area (Å²) in [5.41, 5.74) is 0. The summed E-state index contributed by atoms with van der Waals surface area (Å²) in [5, 5.41) is 0. The average molecular weight is 1100 g/mol. The largest absolute Gasteiger partial charge is 0.462 e. The number of hydrogen-bond donors (Lipinski definition) is 0. The van der Waals surface area contributed by atoms with Crippen molar-refractivity contribution in [2.75, 3.05) is 13.2 Å². The zero-order chi connectivity index (χ0) is 57.1. The van der Waals surface area contributed by atoms with Crippen LogP contribution in [0.3, 0.4) is 0 Å². The summed E-state index contributed by atoms with van der Waals surface area (Å²) in [7, 11) is 0. The SMILES string of the molecule is CC/C=C\C/C=C\C/C=C\CCCCCCCC(=O)OC(COC(=O)CCCCCCCCCCCCCCC)COC(=O)CCCCCCCCCCCCCCCCCCCC/C=C\C/C=C\C/C=C\CCCCCCC. The Balaban J connectivity index is 4.13. The van der Waals surface area contributed by atoms with E-state index in [-0.39, 0.29) is 31.1 Å². The molecular weight excluding hydrogens is 973 g/mol. The maximum absolute atomic E-state index is 12.9. The third-order valence-corrected chi connectivity index (χ3v) is 15.2. The molecule has 0 aromatic carbocycles. The van der Waals surface area contributed by atoms with Gasteiger partial charge in [0.25, 0.3) is 0 Å². The first kappa shape index (κ1) is 75.8. The molecule has 0 aliphatic heterocycles. The van der Waals surface area contributed by atoms with E-state index in [2.05, 4.69) is 93.7 Å². The number of hydrogen-bond acceptors (Lipinski definition) is 6. The van der Waals surface area contributed by atoms with Crippen molar-refractivity contribution in [2.24, 2.45) is 0 Å². The van der Waals surface area contributed by atoms with Crippen molar-refractivity contribution < 1.29 is 28.6 Å². The van der Waals surface area contributed by atoms with Gasteiger partial charge in [-0.2, -0.15) is 0 Å². The van der Waals surface area contributed by atoms with Crippen LogP contribution >= 0.6 is 0 Å². The van der Waals surface area contributed by atoms with E-state index in [1.165, 1.54) is 205 Å². The highest BCUT2D eigenvalue weighted by molar-refractivity contribution is 5.71. The van der Waals surface area contributed by atoms with Gasteiger partial charge in [-0.05, 0) is 89.9 Å². The molecule has 6 heteroatoms. The Hall–Kier alpha value is -3.15. The van der Waals surface area contributed by atoms with Gasteiger partial charge in [0.05, 0.1) is 0 Å². The molecule has 1 atom stereocenters. The molecule has 0 bridgehead atoms. The van der Waals surface area contributed by atoms with Crippen molar-refractivity contribution in [1.82, 2.24) is 0 Å². The molecule has 6 nitrogen and oxygen atoms in total.